The van der Waals surface area contributed by atoms with Gasteiger partial charge in [-0.05, 0) is 37.1 Å². The van der Waals surface area contributed by atoms with Crippen LogP contribution in [0, 0.1) is 13.8 Å². The first kappa shape index (κ1) is 12.0. The van der Waals surface area contributed by atoms with Gasteiger partial charge >= 0.3 is 0 Å². The molecule has 3 rings (SSSR count). The fourth-order valence-electron chi connectivity index (χ4n) is 2.10. The summed E-state index contributed by atoms with van der Waals surface area (Å²) in [6, 6.07) is 8.33. The van der Waals surface area contributed by atoms with Crippen molar-refractivity contribution in [2.45, 2.75) is 13.8 Å². The van der Waals surface area contributed by atoms with Crippen LogP contribution in [0.1, 0.15) is 11.1 Å². The molecule has 1 radical (unpaired) electrons. The Bertz CT molecular complexity index is 631. The Labute approximate surface area is 111 Å². The molecule has 0 saturated heterocycles. The Morgan fingerprint density at radius 1 is 0.706 bits per heavy atom. The fourth-order valence-corrected chi connectivity index (χ4v) is 2.10. The first-order valence-electron chi connectivity index (χ1n) is 5.37. The van der Waals surface area contributed by atoms with Crippen molar-refractivity contribution in [2.24, 2.45) is 0 Å². The Hall–Kier alpha value is -1.44. The number of aryl methyl sites for hydroxylation is 2. The van der Waals surface area contributed by atoms with Crippen LogP contribution in [0.15, 0.2) is 36.7 Å². The second-order valence-electron chi connectivity index (χ2n) is 4.11. The molecule has 0 N–H and O–H groups in total. The molecular weight excluding hydrogens is 260 g/mol. The molecule has 0 spiro atoms. The number of benzene rings is 1. The molecule has 17 heavy (non-hydrogen) atoms. The van der Waals surface area contributed by atoms with Gasteiger partial charge in [0.25, 0.3) is 0 Å². The average molecular weight is 272 g/mol. The van der Waals surface area contributed by atoms with Crippen molar-refractivity contribution in [3.8, 4) is 0 Å². The van der Waals surface area contributed by atoms with E-state index in [1.807, 2.05) is 24.5 Å². The minimum atomic E-state index is 0. The Morgan fingerprint density at radius 2 is 1.12 bits per heavy atom. The van der Waals surface area contributed by atoms with Crippen molar-refractivity contribution in [3.05, 3.63) is 47.8 Å². The summed E-state index contributed by atoms with van der Waals surface area (Å²) in [5.74, 6) is 0. The number of pyridine rings is 2. The first-order chi connectivity index (χ1) is 7.77. The Balaban J connectivity index is 0.00000108. The molecular formula is C14H12CuN2. The summed E-state index contributed by atoms with van der Waals surface area (Å²) in [7, 11) is 0. The van der Waals surface area contributed by atoms with Crippen LogP contribution >= 0.6 is 0 Å². The molecule has 0 bridgehead atoms. The molecule has 2 heterocycles. The monoisotopic (exact) mass is 271 g/mol. The fraction of sp³-hybridized carbons (Fsp3) is 0.143. The molecule has 0 aliphatic heterocycles. The zero-order chi connectivity index (χ0) is 11.1. The van der Waals surface area contributed by atoms with Crippen molar-refractivity contribution in [1.82, 2.24) is 9.97 Å². The number of aromatic nitrogens is 2. The topological polar surface area (TPSA) is 25.8 Å². The SMILES string of the molecule is Cc1ccnc2c1ccc1c(C)ccnc12.[Cu]. The van der Waals surface area contributed by atoms with E-state index in [0.29, 0.717) is 0 Å². The van der Waals surface area contributed by atoms with Crippen molar-refractivity contribution >= 4 is 21.8 Å². The molecule has 89 valence electrons. The maximum atomic E-state index is 4.45. The Morgan fingerprint density at radius 3 is 1.53 bits per heavy atom. The smallest absolute Gasteiger partial charge is 0.0967 e. The van der Waals surface area contributed by atoms with Crippen molar-refractivity contribution in [2.75, 3.05) is 0 Å². The number of hydrogen-bond acceptors (Lipinski definition) is 2. The minimum Gasteiger partial charge on any atom is -0.254 e. The summed E-state index contributed by atoms with van der Waals surface area (Å²) in [6.45, 7) is 4.21. The van der Waals surface area contributed by atoms with Gasteiger partial charge in [0, 0.05) is 40.2 Å². The van der Waals surface area contributed by atoms with Gasteiger partial charge < -0.3 is 0 Å². The molecule has 0 unspecified atom stereocenters. The molecule has 3 heteroatoms. The van der Waals surface area contributed by atoms with Crippen molar-refractivity contribution in [3.63, 3.8) is 0 Å². The summed E-state index contributed by atoms with van der Waals surface area (Å²) in [5, 5.41) is 2.38. The van der Waals surface area contributed by atoms with Gasteiger partial charge in [0.2, 0.25) is 0 Å². The second kappa shape index (κ2) is 4.44. The number of rotatable bonds is 0. The van der Waals surface area contributed by atoms with Crippen LogP contribution in [0.5, 0.6) is 0 Å². The molecule has 0 atom stereocenters. The van der Waals surface area contributed by atoms with Gasteiger partial charge in [0.1, 0.15) is 0 Å². The van der Waals surface area contributed by atoms with Gasteiger partial charge in [0.05, 0.1) is 11.0 Å². The molecule has 2 aromatic heterocycles. The van der Waals surface area contributed by atoms with Crippen LogP contribution < -0.4 is 0 Å². The van der Waals surface area contributed by atoms with Crippen LogP contribution in [0.3, 0.4) is 0 Å². The quantitative estimate of drug-likeness (QED) is 0.463. The molecule has 0 saturated carbocycles. The average Bonchev–Trinajstić information content (AvgIpc) is 2.30. The predicted molar refractivity (Wildman–Crippen MR) is 66.5 cm³/mol. The van der Waals surface area contributed by atoms with Crippen LogP contribution in [0.25, 0.3) is 21.8 Å². The van der Waals surface area contributed by atoms with E-state index in [9.17, 15) is 0 Å². The van der Waals surface area contributed by atoms with E-state index < -0.39 is 0 Å². The molecule has 0 aliphatic carbocycles. The van der Waals surface area contributed by atoms with E-state index in [4.69, 9.17) is 0 Å². The van der Waals surface area contributed by atoms with E-state index in [1.165, 1.54) is 21.9 Å². The summed E-state index contributed by atoms with van der Waals surface area (Å²) < 4.78 is 0. The third kappa shape index (κ3) is 1.82. The molecule has 3 aromatic rings. The van der Waals surface area contributed by atoms with Crippen LogP contribution in [-0.4, -0.2) is 9.97 Å². The van der Waals surface area contributed by atoms with Gasteiger partial charge in [-0.2, -0.15) is 0 Å². The molecule has 0 aliphatic rings. The van der Waals surface area contributed by atoms with Crippen molar-refractivity contribution in [1.29, 1.82) is 0 Å². The molecule has 2 nitrogen and oxygen atoms in total. The summed E-state index contributed by atoms with van der Waals surface area (Å²) in [4.78, 5) is 8.90. The van der Waals surface area contributed by atoms with E-state index in [1.54, 1.807) is 0 Å². The predicted octanol–water partition coefficient (Wildman–Crippen LogP) is 3.40. The van der Waals surface area contributed by atoms with E-state index in [-0.39, 0.29) is 17.1 Å². The second-order valence-corrected chi connectivity index (χ2v) is 4.11. The van der Waals surface area contributed by atoms with E-state index in [2.05, 4.69) is 35.9 Å². The Kier molecular flexibility index (Phi) is 3.14. The van der Waals surface area contributed by atoms with E-state index in [0.717, 1.165) is 11.0 Å². The maximum absolute atomic E-state index is 4.45. The van der Waals surface area contributed by atoms with Gasteiger partial charge in [-0.15, -0.1) is 0 Å². The molecule has 0 fully saturated rings. The summed E-state index contributed by atoms with van der Waals surface area (Å²) >= 11 is 0. The van der Waals surface area contributed by atoms with Crippen LogP contribution in [-0.2, 0) is 17.1 Å². The third-order valence-electron chi connectivity index (χ3n) is 3.06. The standard InChI is InChI=1S/C14H12N2.Cu/c1-9-5-7-15-13-11(9)3-4-12-10(2)6-8-16-14(12)13;/h3-8H,1-2H3;. The zero-order valence-electron chi connectivity index (χ0n) is 9.66. The first-order valence-corrected chi connectivity index (χ1v) is 5.37. The summed E-state index contributed by atoms with van der Waals surface area (Å²) in [6.07, 6.45) is 3.70. The van der Waals surface area contributed by atoms with Crippen molar-refractivity contribution < 1.29 is 17.1 Å². The maximum Gasteiger partial charge on any atom is 0.0967 e. The van der Waals surface area contributed by atoms with Gasteiger partial charge in [-0.1, -0.05) is 12.1 Å². The van der Waals surface area contributed by atoms with Crippen LogP contribution in [0.2, 0.25) is 0 Å². The number of hydrogen-bond donors (Lipinski definition) is 0. The number of fused-ring (bicyclic) bond motifs is 3. The molecule has 1 aromatic carbocycles. The largest absolute Gasteiger partial charge is 0.254 e. The normalized spacial score (nSPS) is 10.5. The summed E-state index contributed by atoms with van der Waals surface area (Å²) in [5.41, 5.74) is 4.49. The van der Waals surface area contributed by atoms with Gasteiger partial charge in [0.15, 0.2) is 0 Å². The number of nitrogens with zero attached hydrogens (tertiary/aromatic N) is 2. The van der Waals surface area contributed by atoms with Crippen LogP contribution in [0.4, 0.5) is 0 Å². The zero-order valence-corrected chi connectivity index (χ0v) is 10.6. The third-order valence-corrected chi connectivity index (χ3v) is 3.06. The molecule has 0 amide bonds. The van der Waals surface area contributed by atoms with E-state index >= 15 is 0 Å². The van der Waals surface area contributed by atoms with Gasteiger partial charge in [-0.25, -0.2) is 0 Å². The van der Waals surface area contributed by atoms with Gasteiger partial charge in [-0.3, -0.25) is 9.97 Å². The minimum absolute atomic E-state index is 0.